The first-order chi connectivity index (χ1) is 12.5. The lowest BCUT2D eigenvalue weighted by Gasteiger charge is -2.22. The van der Waals surface area contributed by atoms with Crippen LogP contribution in [0.25, 0.3) is 0 Å². The molecule has 0 atom stereocenters. The molecule has 7 heteroatoms. The minimum absolute atomic E-state index is 0. The fourth-order valence-corrected chi connectivity index (χ4v) is 2.53. The van der Waals surface area contributed by atoms with Crippen molar-refractivity contribution in [3.05, 3.63) is 71.0 Å². The summed E-state index contributed by atoms with van der Waals surface area (Å²) in [6.07, 6.45) is 0. The molecule has 5 nitrogen and oxygen atoms in total. The Hall–Kier alpha value is -2.16. The van der Waals surface area contributed by atoms with Gasteiger partial charge in [0.1, 0.15) is 5.82 Å². The number of rotatable bonds is 6. The van der Waals surface area contributed by atoms with Crippen molar-refractivity contribution in [2.75, 3.05) is 20.6 Å². The van der Waals surface area contributed by atoms with Gasteiger partial charge < -0.3 is 15.5 Å². The number of carbonyl (C=O) groups is 1. The van der Waals surface area contributed by atoms with Crippen molar-refractivity contribution < 1.29 is 9.18 Å². The van der Waals surface area contributed by atoms with Crippen LogP contribution in [0.15, 0.2) is 53.5 Å². The SMILES string of the molecule is CCNC(=NCc1ccc(C(=O)NC)cc1)N(C)Cc1cccc(F)c1.I. The second-order valence-corrected chi connectivity index (χ2v) is 5.93. The van der Waals surface area contributed by atoms with E-state index in [9.17, 15) is 9.18 Å². The Morgan fingerprint density at radius 2 is 1.85 bits per heavy atom. The molecule has 0 fully saturated rings. The van der Waals surface area contributed by atoms with Crippen molar-refractivity contribution in [2.24, 2.45) is 4.99 Å². The van der Waals surface area contributed by atoms with Crippen LogP contribution in [0.4, 0.5) is 4.39 Å². The number of hydrogen-bond acceptors (Lipinski definition) is 2. The molecular weight excluding hydrogens is 458 g/mol. The average molecular weight is 484 g/mol. The van der Waals surface area contributed by atoms with Gasteiger partial charge in [-0.25, -0.2) is 9.38 Å². The molecule has 0 aliphatic heterocycles. The molecule has 0 aliphatic carbocycles. The minimum atomic E-state index is -0.242. The molecule has 1 amide bonds. The molecule has 2 aromatic carbocycles. The van der Waals surface area contributed by atoms with Crippen LogP contribution in [0, 0.1) is 5.82 Å². The summed E-state index contributed by atoms with van der Waals surface area (Å²) in [7, 11) is 3.53. The predicted molar refractivity (Wildman–Crippen MR) is 118 cm³/mol. The van der Waals surface area contributed by atoms with Gasteiger partial charge in [0.05, 0.1) is 6.54 Å². The summed E-state index contributed by atoms with van der Waals surface area (Å²) >= 11 is 0. The molecule has 0 unspecified atom stereocenters. The van der Waals surface area contributed by atoms with Crippen molar-refractivity contribution in [2.45, 2.75) is 20.0 Å². The van der Waals surface area contributed by atoms with Gasteiger partial charge in [0, 0.05) is 32.7 Å². The molecule has 0 aliphatic rings. The summed E-state index contributed by atoms with van der Waals surface area (Å²) in [6, 6.07) is 13.9. The van der Waals surface area contributed by atoms with Crippen LogP contribution < -0.4 is 10.6 Å². The molecule has 2 N–H and O–H groups in total. The van der Waals surface area contributed by atoms with Gasteiger partial charge in [0.15, 0.2) is 5.96 Å². The maximum atomic E-state index is 13.4. The molecule has 0 heterocycles. The number of guanidine groups is 1. The number of aliphatic imine (C=N–C) groups is 1. The smallest absolute Gasteiger partial charge is 0.251 e. The fraction of sp³-hybridized carbons (Fsp3) is 0.300. The summed E-state index contributed by atoms with van der Waals surface area (Å²) in [5, 5.41) is 5.84. The van der Waals surface area contributed by atoms with Crippen LogP contribution in [0.2, 0.25) is 0 Å². The predicted octanol–water partition coefficient (Wildman–Crippen LogP) is 3.40. The van der Waals surface area contributed by atoms with Gasteiger partial charge in [-0.15, -0.1) is 24.0 Å². The highest BCUT2D eigenvalue weighted by molar-refractivity contribution is 14.0. The molecule has 27 heavy (non-hydrogen) atoms. The van der Waals surface area contributed by atoms with E-state index in [4.69, 9.17) is 0 Å². The number of hydrogen-bond donors (Lipinski definition) is 2. The first-order valence-electron chi connectivity index (χ1n) is 8.58. The molecule has 0 saturated heterocycles. The summed E-state index contributed by atoms with van der Waals surface area (Å²) in [5.41, 5.74) is 2.51. The van der Waals surface area contributed by atoms with E-state index in [0.717, 1.165) is 23.6 Å². The first kappa shape index (κ1) is 22.9. The van der Waals surface area contributed by atoms with Crippen molar-refractivity contribution in [3.8, 4) is 0 Å². The second-order valence-electron chi connectivity index (χ2n) is 5.93. The van der Waals surface area contributed by atoms with E-state index in [1.54, 1.807) is 25.2 Å². The Morgan fingerprint density at radius 3 is 2.44 bits per heavy atom. The molecule has 0 radical (unpaired) electrons. The standard InChI is InChI=1S/C20H25FN4O.HI/c1-4-23-20(25(3)14-16-6-5-7-18(21)12-16)24-13-15-8-10-17(11-9-15)19(26)22-2;/h5-12H,4,13-14H2,1-3H3,(H,22,26)(H,23,24);1H. The molecule has 0 spiro atoms. The van der Waals surface area contributed by atoms with E-state index in [0.29, 0.717) is 18.7 Å². The molecule has 2 rings (SSSR count). The highest BCUT2D eigenvalue weighted by atomic mass is 127. The summed E-state index contributed by atoms with van der Waals surface area (Å²) < 4.78 is 13.4. The Kier molecular flexibility index (Phi) is 9.77. The van der Waals surface area contributed by atoms with E-state index in [-0.39, 0.29) is 35.7 Å². The number of benzene rings is 2. The summed E-state index contributed by atoms with van der Waals surface area (Å²) in [4.78, 5) is 18.2. The van der Waals surface area contributed by atoms with Gasteiger partial charge >= 0.3 is 0 Å². The van der Waals surface area contributed by atoms with E-state index < -0.39 is 0 Å². The van der Waals surface area contributed by atoms with Crippen molar-refractivity contribution in [1.82, 2.24) is 15.5 Å². The Balaban J connectivity index is 0.00000364. The zero-order chi connectivity index (χ0) is 18.9. The zero-order valence-electron chi connectivity index (χ0n) is 15.8. The first-order valence-corrected chi connectivity index (χ1v) is 8.58. The summed E-state index contributed by atoms with van der Waals surface area (Å²) in [5.74, 6) is 0.393. The number of halogens is 2. The maximum Gasteiger partial charge on any atom is 0.251 e. The number of nitrogens with zero attached hydrogens (tertiary/aromatic N) is 2. The van der Waals surface area contributed by atoms with E-state index in [1.807, 2.05) is 37.1 Å². The van der Waals surface area contributed by atoms with Gasteiger partial charge in [-0.1, -0.05) is 24.3 Å². The average Bonchev–Trinajstić information content (AvgIpc) is 2.64. The zero-order valence-corrected chi connectivity index (χ0v) is 18.2. The van der Waals surface area contributed by atoms with E-state index in [1.165, 1.54) is 12.1 Å². The van der Waals surface area contributed by atoms with E-state index in [2.05, 4.69) is 15.6 Å². The van der Waals surface area contributed by atoms with E-state index >= 15 is 0 Å². The lowest BCUT2D eigenvalue weighted by molar-refractivity contribution is 0.0963. The van der Waals surface area contributed by atoms with Crippen LogP contribution in [0.5, 0.6) is 0 Å². The quantitative estimate of drug-likeness (QED) is 0.376. The highest BCUT2D eigenvalue weighted by Gasteiger charge is 2.08. The van der Waals surface area contributed by atoms with Crippen molar-refractivity contribution in [3.63, 3.8) is 0 Å². The third-order valence-electron chi connectivity index (χ3n) is 3.86. The molecule has 2 aromatic rings. The third-order valence-corrected chi connectivity index (χ3v) is 3.86. The highest BCUT2D eigenvalue weighted by Crippen LogP contribution is 2.08. The number of carbonyl (C=O) groups excluding carboxylic acids is 1. The van der Waals surface area contributed by atoms with Crippen LogP contribution in [0.3, 0.4) is 0 Å². The monoisotopic (exact) mass is 484 g/mol. The Morgan fingerprint density at radius 1 is 1.15 bits per heavy atom. The van der Waals surface area contributed by atoms with Crippen molar-refractivity contribution in [1.29, 1.82) is 0 Å². The van der Waals surface area contributed by atoms with Gasteiger partial charge in [-0.3, -0.25) is 4.79 Å². The lowest BCUT2D eigenvalue weighted by Crippen LogP contribution is -2.38. The van der Waals surface area contributed by atoms with Gasteiger partial charge in [0.25, 0.3) is 5.91 Å². The van der Waals surface area contributed by atoms with Crippen LogP contribution in [-0.2, 0) is 13.1 Å². The Bertz CT molecular complexity index is 765. The Labute approximate surface area is 177 Å². The number of amides is 1. The van der Waals surface area contributed by atoms with Crippen LogP contribution in [-0.4, -0.2) is 37.4 Å². The van der Waals surface area contributed by atoms with Gasteiger partial charge in [0.2, 0.25) is 0 Å². The lowest BCUT2D eigenvalue weighted by atomic mass is 10.1. The molecule has 146 valence electrons. The maximum absolute atomic E-state index is 13.4. The fourth-order valence-electron chi connectivity index (χ4n) is 2.53. The van der Waals surface area contributed by atoms with Gasteiger partial charge in [-0.2, -0.15) is 0 Å². The third kappa shape index (κ3) is 7.16. The topological polar surface area (TPSA) is 56.7 Å². The molecule has 0 aromatic heterocycles. The van der Waals surface area contributed by atoms with Crippen molar-refractivity contribution >= 4 is 35.8 Å². The second kappa shape index (κ2) is 11.5. The normalized spacial score (nSPS) is 10.7. The molecule has 0 bridgehead atoms. The number of nitrogens with one attached hydrogen (secondary N) is 2. The summed E-state index contributed by atoms with van der Waals surface area (Å²) in [6.45, 7) is 3.79. The minimum Gasteiger partial charge on any atom is -0.357 e. The molecule has 0 saturated carbocycles. The van der Waals surface area contributed by atoms with Gasteiger partial charge in [-0.05, 0) is 42.3 Å². The molecular formula is C20H26FIN4O. The largest absolute Gasteiger partial charge is 0.357 e. The van der Waals surface area contributed by atoms with Crippen LogP contribution in [0.1, 0.15) is 28.4 Å². The van der Waals surface area contributed by atoms with Crippen LogP contribution >= 0.6 is 24.0 Å².